The minimum Gasteiger partial charge on any atom is -0.315 e. The van der Waals surface area contributed by atoms with Crippen LogP contribution in [-0.2, 0) is 0 Å². The fourth-order valence-electron chi connectivity index (χ4n) is 0.786. The lowest BCUT2D eigenvalue weighted by molar-refractivity contribution is 1.61. The molecular formula is C10H9N. The third kappa shape index (κ3) is 1.87. The maximum atomic E-state index is 5.05. The minimum atomic E-state index is 0.929. The fourth-order valence-corrected chi connectivity index (χ4v) is 0.786. The van der Waals surface area contributed by atoms with Gasteiger partial charge in [0.2, 0.25) is 0 Å². The van der Waals surface area contributed by atoms with Gasteiger partial charge >= 0.3 is 0 Å². The van der Waals surface area contributed by atoms with Crippen molar-refractivity contribution in [2.45, 2.75) is 0 Å². The van der Waals surface area contributed by atoms with Crippen LogP contribution in [0, 0.1) is 12.5 Å². The predicted octanol–water partition coefficient (Wildman–Crippen LogP) is 2.33. The maximum absolute atomic E-state index is 5.05. The van der Waals surface area contributed by atoms with Gasteiger partial charge in [-0.25, -0.2) is 0 Å². The Kier molecular flexibility index (Phi) is 2.35. The van der Waals surface area contributed by atoms with Crippen LogP contribution in [0.2, 0.25) is 0 Å². The second-order valence-electron chi connectivity index (χ2n) is 2.10. The van der Waals surface area contributed by atoms with E-state index in [1.807, 2.05) is 24.3 Å². The number of anilines is 1. The Balaban J connectivity index is 2.84. The summed E-state index contributed by atoms with van der Waals surface area (Å²) < 4.78 is 0. The first-order chi connectivity index (χ1) is 5.36. The summed E-state index contributed by atoms with van der Waals surface area (Å²) in [6.07, 6.45) is 6.84. The molecule has 1 aromatic rings. The van der Waals surface area contributed by atoms with Gasteiger partial charge in [-0.3, -0.25) is 0 Å². The highest BCUT2D eigenvalue weighted by molar-refractivity contribution is 5.55. The van der Waals surface area contributed by atoms with E-state index < -0.39 is 0 Å². The standard InChI is InChI=1S/C10H9N/c1-3-9-5-7-10(8-6-9)11-4-2/h2-3,5-8,11H,1H2. The Morgan fingerprint density at radius 2 is 2.00 bits per heavy atom. The summed E-state index contributed by atoms with van der Waals surface area (Å²) in [6.45, 7) is 3.65. The van der Waals surface area contributed by atoms with E-state index in [9.17, 15) is 0 Å². The summed E-state index contributed by atoms with van der Waals surface area (Å²) in [5.41, 5.74) is 2.02. The number of rotatable bonds is 2. The number of hydrogen-bond acceptors (Lipinski definition) is 1. The zero-order chi connectivity index (χ0) is 8.10. The average Bonchev–Trinajstić information content (AvgIpc) is 2.07. The van der Waals surface area contributed by atoms with E-state index >= 15 is 0 Å². The summed E-state index contributed by atoms with van der Waals surface area (Å²) in [5, 5.41) is 2.75. The third-order valence-electron chi connectivity index (χ3n) is 1.36. The van der Waals surface area contributed by atoms with Crippen LogP contribution >= 0.6 is 0 Å². The molecule has 0 aliphatic heterocycles. The Morgan fingerprint density at radius 1 is 1.36 bits per heavy atom. The molecule has 0 heterocycles. The second-order valence-corrected chi connectivity index (χ2v) is 2.10. The highest BCUT2D eigenvalue weighted by atomic mass is 14.8. The first-order valence-electron chi connectivity index (χ1n) is 3.31. The highest BCUT2D eigenvalue weighted by Crippen LogP contribution is 2.08. The van der Waals surface area contributed by atoms with Crippen LogP contribution in [-0.4, -0.2) is 0 Å². The molecule has 1 heteroatoms. The molecule has 0 aliphatic carbocycles. The van der Waals surface area contributed by atoms with Gasteiger partial charge in [-0.05, 0) is 17.7 Å². The zero-order valence-electron chi connectivity index (χ0n) is 6.17. The molecule has 0 aliphatic rings. The lowest BCUT2D eigenvalue weighted by Gasteiger charge is -1.97. The van der Waals surface area contributed by atoms with Crippen LogP contribution in [0.4, 0.5) is 5.69 Å². The summed E-state index contributed by atoms with van der Waals surface area (Å²) >= 11 is 0. The van der Waals surface area contributed by atoms with Gasteiger partial charge in [0, 0.05) is 11.7 Å². The highest BCUT2D eigenvalue weighted by Gasteiger charge is 1.86. The molecule has 0 spiro atoms. The lowest BCUT2D eigenvalue weighted by atomic mass is 10.2. The van der Waals surface area contributed by atoms with Crippen molar-refractivity contribution in [1.82, 2.24) is 0 Å². The molecule has 0 radical (unpaired) electrons. The minimum absolute atomic E-state index is 0.929. The number of nitrogens with one attached hydrogen (secondary N) is 1. The fraction of sp³-hybridized carbons (Fsp3) is 0. The molecule has 54 valence electrons. The summed E-state index contributed by atoms with van der Waals surface area (Å²) in [5.74, 6) is 0. The summed E-state index contributed by atoms with van der Waals surface area (Å²) in [6, 6.07) is 10.1. The molecule has 0 bridgehead atoms. The van der Waals surface area contributed by atoms with E-state index in [-0.39, 0.29) is 0 Å². The molecular weight excluding hydrogens is 134 g/mol. The Morgan fingerprint density at radius 3 is 2.45 bits per heavy atom. The largest absolute Gasteiger partial charge is 0.315 e. The van der Waals surface area contributed by atoms with E-state index in [4.69, 9.17) is 6.42 Å². The number of benzene rings is 1. The summed E-state index contributed by atoms with van der Waals surface area (Å²) in [4.78, 5) is 0. The van der Waals surface area contributed by atoms with E-state index in [2.05, 4.69) is 17.9 Å². The number of terminal acetylenes is 1. The van der Waals surface area contributed by atoms with E-state index in [0.29, 0.717) is 0 Å². The van der Waals surface area contributed by atoms with Gasteiger partial charge in [-0.2, -0.15) is 0 Å². The SMILES string of the molecule is C#CNc1ccc(C=C)cc1. The molecule has 0 atom stereocenters. The maximum Gasteiger partial charge on any atom is 0.0459 e. The van der Waals surface area contributed by atoms with Crippen LogP contribution in [0.5, 0.6) is 0 Å². The van der Waals surface area contributed by atoms with Crippen LogP contribution in [0.15, 0.2) is 30.8 Å². The van der Waals surface area contributed by atoms with Crippen LogP contribution in [0.1, 0.15) is 5.56 Å². The van der Waals surface area contributed by atoms with Gasteiger partial charge in [0.15, 0.2) is 0 Å². The molecule has 0 unspecified atom stereocenters. The molecule has 11 heavy (non-hydrogen) atoms. The van der Waals surface area contributed by atoms with Crippen LogP contribution in [0.25, 0.3) is 6.08 Å². The van der Waals surface area contributed by atoms with E-state index in [1.165, 1.54) is 0 Å². The van der Waals surface area contributed by atoms with Gasteiger partial charge in [0.1, 0.15) is 0 Å². The number of hydrogen-bond donors (Lipinski definition) is 1. The van der Waals surface area contributed by atoms with Crippen molar-refractivity contribution in [2.24, 2.45) is 0 Å². The molecule has 0 amide bonds. The van der Waals surface area contributed by atoms with Gasteiger partial charge < -0.3 is 5.32 Å². The van der Waals surface area contributed by atoms with Gasteiger partial charge in [0.05, 0.1) is 0 Å². The monoisotopic (exact) mass is 143 g/mol. The molecule has 1 aromatic carbocycles. The Hall–Kier alpha value is -1.68. The molecule has 0 aromatic heterocycles. The molecule has 0 saturated carbocycles. The first kappa shape index (κ1) is 7.43. The molecule has 1 nitrogen and oxygen atoms in total. The lowest BCUT2D eigenvalue weighted by Crippen LogP contribution is -1.85. The van der Waals surface area contributed by atoms with Crippen LogP contribution in [0.3, 0.4) is 0 Å². The van der Waals surface area contributed by atoms with Crippen molar-refractivity contribution in [3.05, 3.63) is 36.4 Å². The quantitative estimate of drug-likeness (QED) is 0.495. The predicted molar refractivity (Wildman–Crippen MR) is 49.0 cm³/mol. The molecule has 1 rings (SSSR count). The first-order valence-corrected chi connectivity index (χ1v) is 3.31. The van der Waals surface area contributed by atoms with Crippen molar-refractivity contribution >= 4 is 11.8 Å². The van der Waals surface area contributed by atoms with E-state index in [0.717, 1.165) is 11.3 Å². The van der Waals surface area contributed by atoms with E-state index in [1.54, 1.807) is 6.08 Å². The van der Waals surface area contributed by atoms with Crippen molar-refractivity contribution in [3.63, 3.8) is 0 Å². The normalized spacial score (nSPS) is 8.27. The van der Waals surface area contributed by atoms with Crippen molar-refractivity contribution < 1.29 is 0 Å². The molecule has 0 saturated heterocycles. The third-order valence-corrected chi connectivity index (χ3v) is 1.36. The molecule has 1 N–H and O–H groups in total. The van der Waals surface area contributed by atoms with Gasteiger partial charge in [0.25, 0.3) is 0 Å². The second kappa shape index (κ2) is 3.48. The molecule has 0 fully saturated rings. The Labute approximate surface area is 66.8 Å². The topological polar surface area (TPSA) is 12.0 Å². The van der Waals surface area contributed by atoms with Crippen molar-refractivity contribution in [3.8, 4) is 12.5 Å². The summed E-state index contributed by atoms with van der Waals surface area (Å²) in [7, 11) is 0. The smallest absolute Gasteiger partial charge is 0.0459 e. The van der Waals surface area contributed by atoms with Crippen LogP contribution < -0.4 is 5.32 Å². The Bertz CT molecular complexity index is 277. The average molecular weight is 143 g/mol. The van der Waals surface area contributed by atoms with Gasteiger partial charge in [-0.1, -0.05) is 31.2 Å². The van der Waals surface area contributed by atoms with Gasteiger partial charge in [-0.15, -0.1) is 0 Å². The van der Waals surface area contributed by atoms with Crippen molar-refractivity contribution in [2.75, 3.05) is 5.32 Å². The zero-order valence-corrected chi connectivity index (χ0v) is 6.17. The van der Waals surface area contributed by atoms with Crippen molar-refractivity contribution in [1.29, 1.82) is 0 Å².